The molecule has 0 aliphatic rings. The van der Waals surface area contributed by atoms with E-state index in [1.54, 1.807) is 0 Å². The smallest absolute Gasteiger partial charge is 0.402 e. The summed E-state index contributed by atoms with van der Waals surface area (Å²) in [6.07, 6.45) is 3.49. The zero-order chi connectivity index (χ0) is 22.8. The summed E-state index contributed by atoms with van der Waals surface area (Å²) in [6.45, 7) is 10.5. The van der Waals surface area contributed by atoms with Crippen LogP contribution in [0.5, 0.6) is 0 Å². The van der Waals surface area contributed by atoms with Crippen molar-refractivity contribution < 1.29 is 44.8 Å². The molecular weight excluding hydrogens is 377 g/mol. The number of carbonyl (C=O) groups is 3. The van der Waals surface area contributed by atoms with E-state index in [9.17, 15) is 14.4 Å². The first kappa shape index (κ1) is 33.1. The molecule has 0 bridgehead atoms. The van der Waals surface area contributed by atoms with Gasteiger partial charge < -0.3 is 46.3 Å². The van der Waals surface area contributed by atoms with E-state index in [0.717, 1.165) is 18.2 Å². The standard InChI is InChI=1S/3C5H9NO2.BH3O3/c3*1-2-5(8)6-3-4-7;2-1(3)4/h3*2,7H,1,3-4H2,(H,6,8);2-4H. The third-order valence-electron chi connectivity index (χ3n) is 1.79. The van der Waals surface area contributed by atoms with Gasteiger partial charge in [0.05, 0.1) is 19.8 Å². The molecular formula is C15H30BN3O9. The molecule has 0 radical (unpaired) electrons. The van der Waals surface area contributed by atoms with Gasteiger partial charge in [0.2, 0.25) is 17.7 Å². The van der Waals surface area contributed by atoms with Crippen LogP contribution in [0.15, 0.2) is 38.0 Å². The van der Waals surface area contributed by atoms with Gasteiger partial charge in [-0.1, -0.05) is 19.7 Å². The fourth-order valence-electron chi connectivity index (χ4n) is 0.754. The first-order valence-electron chi connectivity index (χ1n) is 7.74. The number of hydrogen-bond donors (Lipinski definition) is 9. The molecule has 0 heterocycles. The van der Waals surface area contributed by atoms with Gasteiger partial charge in [-0.25, -0.2) is 0 Å². The lowest BCUT2D eigenvalue weighted by atomic mass is 10.3. The van der Waals surface area contributed by atoms with Crippen LogP contribution in [0.1, 0.15) is 0 Å². The average molecular weight is 407 g/mol. The highest BCUT2D eigenvalue weighted by molar-refractivity contribution is 6.30. The number of aliphatic hydroxyl groups is 3. The number of nitrogens with one attached hydrogen (secondary N) is 3. The third kappa shape index (κ3) is 49.5. The van der Waals surface area contributed by atoms with Crippen molar-refractivity contribution in [2.24, 2.45) is 0 Å². The van der Waals surface area contributed by atoms with Gasteiger partial charge in [0.15, 0.2) is 0 Å². The van der Waals surface area contributed by atoms with E-state index in [1.165, 1.54) is 0 Å². The summed E-state index contributed by atoms with van der Waals surface area (Å²) < 4.78 is 0. The maximum atomic E-state index is 10.2. The molecule has 28 heavy (non-hydrogen) atoms. The van der Waals surface area contributed by atoms with E-state index < -0.39 is 7.32 Å². The Morgan fingerprint density at radius 3 is 0.929 bits per heavy atom. The van der Waals surface area contributed by atoms with Gasteiger partial charge in [0.25, 0.3) is 0 Å². The van der Waals surface area contributed by atoms with Crippen molar-refractivity contribution in [1.29, 1.82) is 0 Å². The molecule has 12 nitrogen and oxygen atoms in total. The topological polar surface area (TPSA) is 209 Å². The second-order valence-corrected chi connectivity index (χ2v) is 4.00. The predicted octanol–water partition coefficient (Wildman–Crippen LogP) is -4.21. The molecule has 3 amide bonds. The Hall–Kier alpha value is -2.55. The van der Waals surface area contributed by atoms with Gasteiger partial charge >= 0.3 is 7.32 Å². The summed E-state index contributed by atoms with van der Waals surface area (Å²) >= 11 is 0. The van der Waals surface area contributed by atoms with Crippen molar-refractivity contribution in [1.82, 2.24) is 16.0 Å². The highest BCUT2D eigenvalue weighted by atomic mass is 16.5. The number of aliphatic hydroxyl groups excluding tert-OH is 3. The Bertz CT molecular complexity index is 375. The summed E-state index contributed by atoms with van der Waals surface area (Å²) in [6, 6.07) is 0. The normalized spacial score (nSPS) is 7.93. The van der Waals surface area contributed by atoms with Crippen LogP contribution >= 0.6 is 0 Å². The van der Waals surface area contributed by atoms with Crippen molar-refractivity contribution in [2.45, 2.75) is 0 Å². The van der Waals surface area contributed by atoms with Crippen LogP contribution in [0, 0.1) is 0 Å². The van der Waals surface area contributed by atoms with Crippen molar-refractivity contribution in [3.63, 3.8) is 0 Å². The summed E-state index contributed by atoms with van der Waals surface area (Å²) in [7, 11) is -2.17. The Labute approximate surface area is 164 Å². The van der Waals surface area contributed by atoms with Gasteiger partial charge in [0.1, 0.15) is 0 Å². The third-order valence-corrected chi connectivity index (χ3v) is 1.79. The fraction of sp³-hybridized carbons (Fsp3) is 0.400. The molecule has 13 heteroatoms. The fourth-order valence-corrected chi connectivity index (χ4v) is 0.754. The minimum atomic E-state index is -2.17. The molecule has 0 aliphatic carbocycles. The quantitative estimate of drug-likeness (QED) is 0.134. The highest BCUT2D eigenvalue weighted by Crippen LogP contribution is 1.64. The molecule has 0 saturated heterocycles. The van der Waals surface area contributed by atoms with E-state index in [-0.39, 0.29) is 37.5 Å². The largest absolute Gasteiger partial charge is 0.631 e. The van der Waals surface area contributed by atoms with Crippen LogP contribution in [0.4, 0.5) is 0 Å². The summed E-state index contributed by atoms with van der Waals surface area (Å²) in [5.74, 6) is -0.753. The van der Waals surface area contributed by atoms with Gasteiger partial charge in [-0.2, -0.15) is 0 Å². The van der Waals surface area contributed by atoms with Gasteiger partial charge in [0, 0.05) is 19.6 Å². The monoisotopic (exact) mass is 407 g/mol. The predicted molar refractivity (Wildman–Crippen MR) is 103 cm³/mol. The Morgan fingerprint density at radius 1 is 0.643 bits per heavy atom. The number of amides is 3. The molecule has 0 unspecified atom stereocenters. The van der Waals surface area contributed by atoms with Crippen LogP contribution in [0.3, 0.4) is 0 Å². The average Bonchev–Trinajstić information content (AvgIpc) is 2.68. The molecule has 162 valence electrons. The molecule has 0 aliphatic heterocycles. The number of rotatable bonds is 9. The van der Waals surface area contributed by atoms with Crippen molar-refractivity contribution in [3.05, 3.63) is 38.0 Å². The van der Waals surface area contributed by atoms with E-state index in [4.69, 9.17) is 30.4 Å². The molecule has 0 rings (SSSR count). The Morgan fingerprint density at radius 2 is 0.821 bits per heavy atom. The molecule has 0 aromatic carbocycles. The van der Waals surface area contributed by atoms with E-state index in [2.05, 4.69) is 35.7 Å². The van der Waals surface area contributed by atoms with Crippen molar-refractivity contribution >= 4 is 25.0 Å². The molecule has 0 spiro atoms. The molecule has 0 fully saturated rings. The van der Waals surface area contributed by atoms with Gasteiger partial charge in [-0.3, -0.25) is 14.4 Å². The first-order chi connectivity index (χ1) is 13.2. The highest BCUT2D eigenvalue weighted by Gasteiger charge is 1.92. The van der Waals surface area contributed by atoms with Crippen LogP contribution in [-0.4, -0.2) is 94.9 Å². The first-order valence-corrected chi connectivity index (χ1v) is 7.74. The molecule has 0 atom stereocenters. The Balaban J connectivity index is -0.000000141. The zero-order valence-corrected chi connectivity index (χ0v) is 15.6. The molecule has 0 saturated carbocycles. The maximum Gasteiger partial charge on any atom is 0.631 e. The van der Waals surface area contributed by atoms with Crippen molar-refractivity contribution in [2.75, 3.05) is 39.5 Å². The summed E-state index contributed by atoms with van der Waals surface area (Å²) in [5, 5.41) is 53.1. The zero-order valence-electron chi connectivity index (χ0n) is 15.6. The molecule has 9 N–H and O–H groups in total. The van der Waals surface area contributed by atoms with Gasteiger partial charge in [-0.05, 0) is 18.2 Å². The van der Waals surface area contributed by atoms with Crippen molar-refractivity contribution in [3.8, 4) is 0 Å². The van der Waals surface area contributed by atoms with E-state index in [1.807, 2.05) is 0 Å². The summed E-state index contributed by atoms with van der Waals surface area (Å²) in [4.78, 5) is 30.7. The lowest BCUT2D eigenvalue weighted by molar-refractivity contribution is -0.117. The number of carbonyl (C=O) groups excluding carboxylic acids is 3. The lowest BCUT2D eigenvalue weighted by Gasteiger charge is -1.94. The maximum absolute atomic E-state index is 10.2. The van der Waals surface area contributed by atoms with Crippen LogP contribution < -0.4 is 16.0 Å². The van der Waals surface area contributed by atoms with Crippen LogP contribution in [-0.2, 0) is 14.4 Å². The number of hydrogen-bond acceptors (Lipinski definition) is 9. The molecule has 0 aromatic heterocycles. The van der Waals surface area contributed by atoms with E-state index >= 15 is 0 Å². The minimum Gasteiger partial charge on any atom is -0.402 e. The van der Waals surface area contributed by atoms with E-state index in [0.29, 0.717) is 19.6 Å². The second-order valence-electron chi connectivity index (χ2n) is 4.00. The SMILES string of the molecule is C=CC(=O)NCCO.C=CC(=O)NCCO.C=CC(=O)NCCO.OB(O)O. The second kappa shape index (κ2) is 29.2. The minimum absolute atomic E-state index is 0.0282. The van der Waals surface area contributed by atoms with Gasteiger partial charge in [-0.15, -0.1) is 0 Å². The lowest BCUT2D eigenvalue weighted by Crippen LogP contribution is -2.23. The summed E-state index contributed by atoms with van der Waals surface area (Å²) in [5.41, 5.74) is 0. The van der Waals surface area contributed by atoms with Crippen LogP contribution in [0.2, 0.25) is 0 Å². The molecule has 0 aromatic rings. The Kier molecular flexibility index (Phi) is 34.5. The van der Waals surface area contributed by atoms with Crippen LogP contribution in [0.25, 0.3) is 0 Å².